The average molecular weight is 277 g/mol. The second-order valence-corrected chi connectivity index (χ2v) is 3.89. The normalized spacial score (nSPS) is 10.2. The lowest BCUT2D eigenvalue weighted by Gasteiger charge is -2.21. The third-order valence-electron chi connectivity index (χ3n) is 2.71. The molecule has 0 saturated carbocycles. The van der Waals surface area contributed by atoms with E-state index in [-0.39, 0.29) is 11.8 Å². The van der Waals surface area contributed by atoms with Crippen LogP contribution >= 0.6 is 0 Å². The van der Waals surface area contributed by atoms with E-state index in [2.05, 4.69) is 20.3 Å². The lowest BCUT2D eigenvalue weighted by molar-refractivity contribution is 0.379. The highest BCUT2D eigenvalue weighted by Crippen LogP contribution is 2.26. The molecule has 0 fully saturated rings. The van der Waals surface area contributed by atoms with E-state index < -0.39 is 0 Å². The van der Waals surface area contributed by atoms with Crippen LogP contribution in [0.5, 0.6) is 6.01 Å². The number of para-hydroxylation sites is 1. The number of benzene rings is 1. The zero-order valence-electron chi connectivity index (χ0n) is 11.6. The van der Waals surface area contributed by atoms with Gasteiger partial charge in [0.1, 0.15) is 5.82 Å². The molecule has 6 nitrogen and oxygen atoms in total. The Hall–Kier alpha value is -2.44. The molecule has 0 radical (unpaired) electrons. The molecule has 1 N–H and O–H groups in total. The maximum atomic E-state index is 13.9. The van der Waals surface area contributed by atoms with E-state index in [9.17, 15) is 4.39 Å². The van der Waals surface area contributed by atoms with Crippen LogP contribution in [0.1, 0.15) is 6.92 Å². The molecule has 0 bridgehead atoms. The number of aromatic nitrogens is 3. The van der Waals surface area contributed by atoms with Gasteiger partial charge in [-0.3, -0.25) is 0 Å². The molecule has 20 heavy (non-hydrogen) atoms. The fourth-order valence-electron chi connectivity index (χ4n) is 1.76. The smallest absolute Gasteiger partial charge is 0.322 e. The molecule has 0 aliphatic carbocycles. The molecule has 0 aliphatic rings. The number of anilines is 3. The number of nitrogens with one attached hydrogen (secondary N) is 1. The molecule has 0 aliphatic heterocycles. The van der Waals surface area contributed by atoms with Crippen molar-refractivity contribution in [3.05, 3.63) is 30.1 Å². The second-order valence-electron chi connectivity index (χ2n) is 3.89. The van der Waals surface area contributed by atoms with Crippen molar-refractivity contribution in [2.45, 2.75) is 6.92 Å². The zero-order chi connectivity index (χ0) is 14.5. The largest absolute Gasteiger partial charge is 0.467 e. The van der Waals surface area contributed by atoms with Crippen LogP contribution in [0.2, 0.25) is 0 Å². The Labute approximate surface area is 116 Å². The highest BCUT2D eigenvalue weighted by Gasteiger charge is 2.16. The molecule has 0 saturated heterocycles. The van der Waals surface area contributed by atoms with Crippen molar-refractivity contribution in [1.29, 1.82) is 0 Å². The molecule has 1 aromatic carbocycles. The number of methoxy groups -OCH3 is 1. The predicted octanol–water partition coefficient (Wildman–Crippen LogP) is 2.22. The molecule has 1 heterocycles. The third kappa shape index (κ3) is 2.76. The van der Waals surface area contributed by atoms with Gasteiger partial charge in [-0.25, -0.2) is 4.39 Å². The first-order chi connectivity index (χ1) is 9.69. The van der Waals surface area contributed by atoms with E-state index in [0.717, 1.165) is 0 Å². The first-order valence-corrected chi connectivity index (χ1v) is 6.19. The Kier molecular flexibility index (Phi) is 4.29. The van der Waals surface area contributed by atoms with Crippen molar-refractivity contribution in [1.82, 2.24) is 15.0 Å². The van der Waals surface area contributed by atoms with Gasteiger partial charge in [-0.1, -0.05) is 12.1 Å². The van der Waals surface area contributed by atoms with Gasteiger partial charge in [0, 0.05) is 13.6 Å². The fraction of sp³-hybridized carbons (Fsp3) is 0.308. The van der Waals surface area contributed by atoms with Crippen molar-refractivity contribution in [3.63, 3.8) is 0 Å². The summed E-state index contributed by atoms with van der Waals surface area (Å²) in [7, 11) is 3.16. The minimum Gasteiger partial charge on any atom is -0.467 e. The van der Waals surface area contributed by atoms with Crippen LogP contribution < -0.4 is 15.0 Å². The number of halogens is 1. The second kappa shape index (κ2) is 6.14. The molecule has 0 spiro atoms. The summed E-state index contributed by atoms with van der Waals surface area (Å²) in [6, 6.07) is 6.65. The number of rotatable bonds is 5. The Balaban J connectivity index is 2.49. The van der Waals surface area contributed by atoms with Crippen molar-refractivity contribution in [3.8, 4) is 6.01 Å². The highest BCUT2D eigenvalue weighted by molar-refractivity contribution is 5.58. The van der Waals surface area contributed by atoms with Gasteiger partial charge >= 0.3 is 6.01 Å². The molecule has 0 amide bonds. The molecule has 1 aromatic heterocycles. The lowest BCUT2D eigenvalue weighted by atomic mass is 10.3. The maximum absolute atomic E-state index is 13.9. The number of hydrogen-bond donors (Lipinski definition) is 1. The van der Waals surface area contributed by atoms with Gasteiger partial charge in [-0.05, 0) is 19.1 Å². The first kappa shape index (κ1) is 14.0. The minimum absolute atomic E-state index is 0.175. The molecule has 106 valence electrons. The number of hydrogen-bond acceptors (Lipinski definition) is 6. The van der Waals surface area contributed by atoms with Gasteiger partial charge in [0.15, 0.2) is 0 Å². The van der Waals surface area contributed by atoms with Crippen molar-refractivity contribution >= 4 is 17.6 Å². The topological polar surface area (TPSA) is 63.2 Å². The first-order valence-electron chi connectivity index (χ1n) is 6.19. The highest BCUT2D eigenvalue weighted by atomic mass is 19.1. The van der Waals surface area contributed by atoms with Crippen molar-refractivity contribution in [2.24, 2.45) is 0 Å². The van der Waals surface area contributed by atoms with E-state index in [4.69, 9.17) is 4.74 Å². The quantitative estimate of drug-likeness (QED) is 0.904. The number of nitrogens with zero attached hydrogens (tertiary/aromatic N) is 4. The van der Waals surface area contributed by atoms with Crippen LogP contribution in [0.25, 0.3) is 0 Å². The van der Waals surface area contributed by atoms with E-state index in [1.54, 1.807) is 30.1 Å². The summed E-state index contributed by atoms with van der Waals surface area (Å²) in [4.78, 5) is 14.1. The predicted molar refractivity (Wildman–Crippen MR) is 75.0 cm³/mol. The summed E-state index contributed by atoms with van der Waals surface area (Å²) in [5.41, 5.74) is 0.408. The summed E-state index contributed by atoms with van der Waals surface area (Å²) in [6.07, 6.45) is 0. The summed E-state index contributed by atoms with van der Waals surface area (Å²) in [5.74, 6) is 0.357. The van der Waals surface area contributed by atoms with E-state index in [1.165, 1.54) is 13.2 Å². The number of ether oxygens (including phenoxy) is 1. The molecule has 2 aromatic rings. The molecule has 2 rings (SSSR count). The van der Waals surface area contributed by atoms with Gasteiger partial charge in [-0.15, -0.1) is 0 Å². The Bertz CT molecular complexity index is 570. The summed E-state index contributed by atoms with van der Waals surface area (Å²) in [6.45, 7) is 2.40. The molecular weight excluding hydrogens is 261 g/mol. The van der Waals surface area contributed by atoms with Crippen molar-refractivity contribution in [2.75, 3.05) is 30.9 Å². The zero-order valence-corrected chi connectivity index (χ0v) is 11.6. The van der Waals surface area contributed by atoms with Crippen molar-refractivity contribution < 1.29 is 9.13 Å². The fourth-order valence-corrected chi connectivity index (χ4v) is 1.76. The average Bonchev–Trinajstić information content (AvgIpc) is 2.49. The Morgan fingerprint density at radius 3 is 2.60 bits per heavy atom. The van der Waals surface area contributed by atoms with Gasteiger partial charge < -0.3 is 15.0 Å². The van der Waals surface area contributed by atoms with Gasteiger partial charge in [0.25, 0.3) is 0 Å². The van der Waals surface area contributed by atoms with Crippen LogP contribution in [-0.4, -0.2) is 35.7 Å². The molecular formula is C13H16FN5O. The van der Waals surface area contributed by atoms with Crippen LogP contribution in [0.4, 0.5) is 22.0 Å². The standard InChI is InChI=1S/C13H16FN5O/c1-4-19(10-8-6-5-7-9(10)14)12-16-11(15-2)17-13(18-12)20-3/h5-8H,4H2,1-3H3,(H,15,16,17,18). The van der Waals surface area contributed by atoms with Crippen LogP contribution in [0.15, 0.2) is 24.3 Å². The maximum Gasteiger partial charge on any atom is 0.322 e. The SMILES string of the molecule is CCN(c1nc(NC)nc(OC)n1)c1ccccc1F. The molecule has 0 unspecified atom stereocenters. The van der Waals surface area contributed by atoms with Gasteiger partial charge in [0.2, 0.25) is 11.9 Å². The third-order valence-corrected chi connectivity index (χ3v) is 2.71. The van der Waals surface area contributed by atoms with Gasteiger partial charge in [0.05, 0.1) is 12.8 Å². The Morgan fingerprint density at radius 2 is 2.00 bits per heavy atom. The van der Waals surface area contributed by atoms with Crippen LogP contribution in [0, 0.1) is 5.82 Å². The van der Waals surface area contributed by atoms with E-state index in [1.807, 2.05) is 6.92 Å². The monoisotopic (exact) mass is 277 g/mol. The van der Waals surface area contributed by atoms with E-state index in [0.29, 0.717) is 24.1 Å². The lowest BCUT2D eigenvalue weighted by Crippen LogP contribution is -2.21. The molecule has 0 atom stereocenters. The van der Waals surface area contributed by atoms with Crippen LogP contribution in [-0.2, 0) is 0 Å². The molecule has 7 heteroatoms. The Morgan fingerprint density at radius 1 is 1.25 bits per heavy atom. The minimum atomic E-state index is -0.334. The van der Waals surface area contributed by atoms with Crippen LogP contribution in [0.3, 0.4) is 0 Å². The van der Waals surface area contributed by atoms with E-state index >= 15 is 0 Å². The van der Waals surface area contributed by atoms with Gasteiger partial charge in [-0.2, -0.15) is 15.0 Å². The summed E-state index contributed by atoms with van der Waals surface area (Å²) in [5, 5.41) is 2.82. The summed E-state index contributed by atoms with van der Waals surface area (Å²) < 4.78 is 19.0. The summed E-state index contributed by atoms with van der Waals surface area (Å²) >= 11 is 0.